The molecule has 6 nitrogen and oxygen atoms in total. The van der Waals surface area contributed by atoms with E-state index in [2.05, 4.69) is 13.8 Å². The molecule has 3 aromatic carbocycles. The van der Waals surface area contributed by atoms with Crippen LogP contribution in [0.4, 0.5) is 0 Å². The summed E-state index contributed by atoms with van der Waals surface area (Å²) < 4.78 is 24.0. The van der Waals surface area contributed by atoms with E-state index in [-0.39, 0.29) is 11.9 Å². The minimum Gasteiger partial charge on any atom is -0.477 e. The fourth-order valence-electron chi connectivity index (χ4n) is 5.37. The van der Waals surface area contributed by atoms with Gasteiger partial charge in [-0.05, 0) is 39.5 Å². The van der Waals surface area contributed by atoms with Gasteiger partial charge in [0.05, 0.1) is 13.2 Å². The fourth-order valence-corrected chi connectivity index (χ4v) is 5.37. The van der Waals surface area contributed by atoms with Crippen LogP contribution >= 0.6 is 0 Å². The Hall–Kier alpha value is -3.28. The number of carbonyl (C=O) groups excluding carboxylic acids is 2. The maximum Gasteiger partial charge on any atom is 0.347 e. The minimum absolute atomic E-state index is 0.302. The highest BCUT2D eigenvalue weighted by Crippen LogP contribution is 2.44. The van der Waals surface area contributed by atoms with Crippen LogP contribution in [0, 0.1) is 0 Å². The lowest BCUT2D eigenvalue weighted by atomic mass is 9.99. The number of rotatable bonds is 20. The van der Waals surface area contributed by atoms with Crippen LogP contribution in [-0.4, -0.2) is 37.4 Å². The second kappa shape index (κ2) is 18.3. The van der Waals surface area contributed by atoms with Crippen molar-refractivity contribution in [1.82, 2.24) is 0 Å². The Labute approximate surface area is 252 Å². The van der Waals surface area contributed by atoms with Crippen LogP contribution in [0.25, 0.3) is 21.5 Å². The molecular weight excluding hydrogens is 528 g/mol. The molecule has 0 N–H and O–H groups in total. The second-order valence-corrected chi connectivity index (χ2v) is 10.9. The molecule has 6 heteroatoms. The SMILES string of the molecule is CCCCCCCC(Oc1c2ccccc2c(OC(CCCCCCC)C(=O)OCC)c2ccccc12)C(=O)OCC. The van der Waals surface area contributed by atoms with Gasteiger partial charge in [0.25, 0.3) is 0 Å². The van der Waals surface area contributed by atoms with Crippen LogP contribution in [0.2, 0.25) is 0 Å². The molecule has 3 aromatic rings. The average Bonchev–Trinajstić information content (AvgIpc) is 3.00. The number of unbranched alkanes of at least 4 members (excludes halogenated alkanes) is 8. The maximum atomic E-state index is 13.0. The number of carbonyl (C=O) groups is 2. The molecular formula is C36H50O6. The standard InChI is InChI=1S/C36H50O6/c1-5-9-11-13-15-25-31(35(37)39-7-3)41-33-27-21-17-19-23-29(27)34(30-24-20-18-22-28(30)33)42-32(36(38)40-8-4)26-16-14-12-10-6-2/h17-24,31-32H,5-16,25-26H2,1-4H3. The lowest BCUT2D eigenvalue weighted by Gasteiger charge is -2.24. The first kappa shape index (κ1) is 33.2. The van der Waals surface area contributed by atoms with Crippen LogP contribution in [0.1, 0.15) is 105 Å². The van der Waals surface area contributed by atoms with Crippen molar-refractivity contribution in [2.45, 2.75) is 117 Å². The Bertz CT molecular complexity index is 1100. The smallest absolute Gasteiger partial charge is 0.347 e. The van der Waals surface area contributed by atoms with Crippen molar-refractivity contribution in [3.8, 4) is 11.5 Å². The highest BCUT2D eigenvalue weighted by molar-refractivity contribution is 6.11. The molecule has 0 aliphatic heterocycles. The molecule has 2 atom stereocenters. The van der Waals surface area contributed by atoms with Gasteiger partial charge in [-0.2, -0.15) is 0 Å². The topological polar surface area (TPSA) is 71.1 Å². The number of ether oxygens (including phenoxy) is 4. The van der Waals surface area contributed by atoms with E-state index in [0.717, 1.165) is 60.1 Å². The summed E-state index contributed by atoms with van der Waals surface area (Å²) in [6, 6.07) is 15.7. The van der Waals surface area contributed by atoms with Gasteiger partial charge in [-0.1, -0.05) is 114 Å². The molecule has 0 saturated heterocycles. The van der Waals surface area contributed by atoms with Gasteiger partial charge in [0.1, 0.15) is 11.5 Å². The van der Waals surface area contributed by atoms with Crippen molar-refractivity contribution < 1.29 is 28.5 Å². The Kier molecular flexibility index (Phi) is 14.5. The van der Waals surface area contributed by atoms with Crippen molar-refractivity contribution in [3.63, 3.8) is 0 Å². The molecule has 0 fully saturated rings. The molecule has 0 aliphatic carbocycles. The molecule has 42 heavy (non-hydrogen) atoms. The molecule has 230 valence electrons. The zero-order chi connectivity index (χ0) is 30.2. The third-order valence-corrected chi connectivity index (χ3v) is 7.59. The van der Waals surface area contributed by atoms with E-state index in [1.165, 1.54) is 25.7 Å². The molecule has 0 bridgehead atoms. The predicted octanol–water partition coefficient (Wildman–Crippen LogP) is 9.34. The third-order valence-electron chi connectivity index (χ3n) is 7.59. The molecule has 0 aromatic heterocycles. The lowest BCUT2D eigenvalue weighted by Crippen LogP contribution is -2.30. The average molecular weight is 579 g/mol. The zero-order valence-corrected chi connectivity index (χ0v) is 26.1. The van der Waals surface area contributed by atoms with Crippen molar-refractivity contribution in [2.75, 3.05) is 13.2 Å². The molecule has 0 saturated carbocycles. The summed E-state index contributed by atoms with van der Waals surface area (Å²) in [6.45, 7) is 8.62. The van der Waals surface area contributed by atoms with Gasteiger partial charge >= 0.3 is 11.9 Å². The van der Waals surface area contributed by atoms with Gasteiger partial charge in [-0.25, -0.2) is 9.59 Å². The largest absolute Gasteiger partial charge is 0.477 e. The number of benzene rings is 3. The van der Waals surface area contributed by atoms with E-state index in [0.29, 0.717) is 37.6 Å². The summed E-state index contributed by atoms with van der Waals surface area (Å²) >= 11 is 0. The minimum atomic E-state index is -0.708. The summed E-state index contributed by atoms with van der Waals surface area (Å²) in [5.74, 6) is 0.582. The Morgan fingerprint density at radius 2 is 0.857 bits per heavy atom. The molecule has 0 heterocycles. The molecule has 3 rings (SSSR count). The normalized spacial score (nSPS) is 12.7. The highest BCUT2D eigenvalue weighted by atomic mass is 16.6. The van der Waals surface area contributed by atoms with Gasteiger partial charge in [-0.15, -0.1) is 0 Å². The zero-order valence-electron chi connectivity index (χ0n) is 26.1. The van der Waals surface area contributed by atoms with Crippen LogP contribution in [-0.2, 0) is 19.1 Å². The van der Waals surface area contributed by atoms with Crippen molar-refractivity contribution >= 4 is 33.5 Å². The first-order chi connectivity index (χ1) is 20.5. The van der Waals surface area contributed by atoms with Gasteiger partial charge in [0.2, 0.25) is 0 Å². The van der Waals surface area contributed by atoms with Crippen molar-refractivity contribution in [1.29, 1.82) is 0 Å². The van der Waals surface area contributed by atoms with E-state index in [1.807, 2.05) is 62.4 Å². The Morgan fingerprint density at radius 1 is 0.524 bits per heavy atom. The van der Waals surface area contributed by atoms with Crippen LogP contribution in [0.3, 0.4) is 0 Å². The summed E-state index contributed by atoms with van der Waals surface area (Å²) in [5.41, 5.74) is 0. The van der Waals surface area contributed by atoms with E-state index >= 15 is 0 Å². The van der Waals surface area contributed by atoms with E-state index < -0.39 is 12.2 Å². The van der Waals surface area contributed by atoms with E-state index in [1.54, 1.807) is 0 Å². The Morgan fingerprint density at radius 3 is 1.17 bits per heavy atom. The summed E-state index contributed by atoms with van der Waals surface area (Å²) in [6.07, 6.45) is 10.6. The molecule has 0 spiro atoms. The first-order valence-electron chi connectivity index (χ1n) is 16.2. The lowest BCUT2D eigenvalue weighted by molar-refractivity contribution is -0.152. The van der Waals surface area contributed by atoms with Crippen LogP contribution in [0.15, 0.2) is 48.5 Å². The first-order valence-corrected chi connectivity index (χ1v) is 16.2. The van der Waals surface area contributed by atoms with E-state index in [9.17, 15) is 9.59 Å². The van der Waals surface area contributed by atoms with Crippen LogP contribution < -0.4 is 9.47 Å². The second-order valence-electron chi connectivity index (χ2n) is 10.9. The van der Waals surface area contributed by atoms with Crippen molar-refractivity contribution in [2.24, 2.45) is 0 Å². The summed E-state index contributed by atoms with van der Waals surface area (Å²) in [7, 11) is 0. The predicted molar refractivity (Wildman–Crippen MR) is 170 cm³/mol. The van der Waals surface area contributed by atoms with Gasteiger partial charge in [0.15, 0.2) is 12.2 Å². The molecule has 0 aliphatic rings. The fraction of sp³-hybridized carbons (Fsp3) is 0.556. The molecule has 0 amide bonds. The molecule has 2 unspecified atom stereocenters. The maximum absolute atomic E-state index is 13.0. The number of hydrogen-bond acceptors (Lipinski definition) is 6. The van der Waals surface area contributed by atoms with Gasteiger partial charge < -0.3 is 18.9 Å². The van der Waals surface area contributed by atoms with Gasteiger partial charge in [-0.3, -0.25) is 0 Å². The Balaban J connectivity index is 2.01. The monoisotopic (exact) mass is 578 g/mol. The van der Waals surface area contributed by atoms with Crippen LogP contribution in [0.5, 0.6) is 11.5 Å². The highest BCUT2D eigenvalue weighted by Gasteiger charge is 2.27. The molecule has 0 radical (unpaired) electrons. The van der Waals surface area contributed by atoms with E-state index in [4.69, 9.17) is 18.9 Å². The number of fused-ring (bicyclic) bond motifs is 2. The quantitative estimate of drug-likeness (QED) is 0.0756. The van der Waals surface area contributed by atoms with Crippen molar-refractivity contribution in [3.05, 3.63) is 48.5 Å². The van der Waals surface area contributed by atoms with Gasteiger partial charge in [0, 0.05) is 21.5 Å². The third kappa shape index (κ3) is 9.37. The summed E-state index contributed by atoms with van der Waals surface area (Å²) in [5, 5.41) is 3.32. The number of esters is 2. The number of hydrogen-bond donors (Lipinski definition) is 0. The summed E-state index contributed by atoms with van der Waals surface area (Å²) in [4.78, 5) is 26.1.